The highest BCUT2D eigenvalue weighted by molar-refractivity contribution is 5.66. The first-order valence-electron chi connectivity index (χ1n) is 5.87. The van der Waals surface area contributed by atoms with Crippen molar-refractivity contribution in [3.63, 3.8) is 0 Å². The maximum atomic E-state index is 4.37. The van der Waals surface area contributed by atoms with Crippen molar-refractivity contribution in [3.8, 4) is 11.4 Å². The highest BCUT2D eigenvalue weighted by Crippen LogP contribution is 2.33. The van der Waals surface area contributed by atoms with Crippen LogP contribution in [0.25, 0.3) is 11.4 Å². The van der Waals surface area contributed by atoms with Crippen molar-refractivity contribution in [1.82, 2.24) is 9.97 Å². The molecule has 1 aromatic heterocycles. The van der Waals surface area contributed by atoms with E-state index in [4.69, 9.17) is 0 Å². The molecule has 2 heteroatoms. The SMILES string of the molecule is Cc1cccc(C(C)(C)C)c1-c1ncccn1. The fraction of sp³-hybridized carbons (Fsp3) is 0.333. The number of rotatable bonds is 1. The molecule has 0 saturated carbocycles. The molecule has 2 rings (SSSR count). The molecule has 0 aliphatic rings. The van der Waals surface area contributed by atoms with Crippen LogP contribution in [-0.2, 0) is 5.41 Å². The Kier molecular flexibility index (Phi) is 2.97. The number of nitrogens with zero attached hydrogens (tertiary/aromatic N) is 2. The van der Waals surface area contributed by atoms with E-state index in [1.165, 1.54) is 16.7 Å². The molecule has 17 heavy (non-hydrogen) atoms. The standard InChI is InChI=1S/C15H18N2/c1-11-7-5-8-12(15(2,3)4)13(11)14-16-9-6-10-17-14/h5-10H,1-4H3. The summed E-state index contributed by atoms with van der Waals surface area (Å²) in [5.74, 6) is 0.815. The summed E-state index contributed by atoms with van der Waals surface area (Å²) in [7, 11) is 0. The molecule has 0 fully saturated rings. The van der Waals surface area contributed by atoms with Crippen molar-refractivity contribution in [2.75, 3.05) is 0 Å². The molecule has 1 heterocycles. The van der Waals surface area contributed by atoms with Crippen molar-refractivity contribution >= 4 is 0 Å². The number of aromatic nitrogens is 2. The van der Waals surface area contributed by atoms with Crippen LogP contribution in [0.4, 0.5) is 0 Å². The maximum absolute atomic E-state index is 4.37. The summed E-state index contributed by atoms with van der Waals surface area (Å²) in [4.78, 5) is 8.75. The van der Waals surface area contributed by atoms with Gasteiger partial charge in [-0.25, -0.2) is 9.97 Å². The second-order valence-corrected chi connectivity index (χ2v) is 5.32. The van der Waals surface area contributed by atoms with Gasteiger partial charge in [-0.2, -0.15) is 0 Å². The van der Waals surface area contributed by atoms with Gasteiger partial charge in [0.15, 0.2) is 5.82 Å². The molecule has 0 N–H and O–H groups in total. The van der Waals surface area contributed by atoms with Crippen LogP contribution >= 0.6 is 0 Å². The van der Waals surface area contributed by atoms with E-state index in [1.54, 1.807) is 12.4 Å². The molecule has 0 unspecified atom stereocenters. The number of aryl methyl sites for hydroxylation is 1. The topological polar surface area (TPSA) is 25.8 Å². The molecule has 0 radical (unpaired) electrons. The maximum Gasteiger partial charge on any atom is 0.159 e. The van der Waals surface area contributed by atoms with Crippen LogP contribution in [0.2, 0.25) is 0 Å². The Morgan fingerprint density at radius 2 is 1.59 bits per heavy atom. The molecular formula is C15H18N2. The summed E-state index contributed by atoms with van der Waals surface area (Å²) < 4.78 is 0. The van der Waals surface area contributed by atoms with E-state index < -0.39 is 0 Å². The Morgan fingerprint density at radius 3 is 2.18 bits per heavy atom. The molecule has 2 aromatic rings. The van der Waals surface area contributed by atoms with E-state index in [2.05, 4.69) is 55.9 Å². The summed E-state index contributed by atoms with van der Waals surface area (Å²) in [5.41, 5.74) is 3.79. The molecular weight excluding hydrogens is 208 g/mol. The predicted octanol–water partition coefficient (Wildman–Crippen LogP) is 3.75. The first kappa shape index (κ1) is 11.8. The Bertz CT molecular complexity index is 510. The van der Waals surface area contributed by atoms with E-state index in [9.17, 15) is 0 Å². The van der Waals surface area contributed by atoms with Crippen molar-refractivity contribution in [1.29, 1.82) is 0 Å². The number of hydrogen-bond acceptors (Lipinski definition) is 2. The first-order chi connectivity index (χ1) is 8.00. The lowest BCUT2D eigenvalue weighted by molar-refractivity contribution is 0.591. The van der Waals surface area contributed by atoms with Crippen molar-refractivity contribution in [2.45, 2.75) is 33.1 Å². The lowest BCUT2D eigenvalue weighted by Crippen LogP contribution is -2.14. The minimum Gasteiger partial charge on any atom is -0.237 e. The molecule has 0 saturated heterocycles. The van der Waals surface area contributed by atoms with E-state index in [0.717, 1.165) is 5.82 Å². The average Bonchev–Trinajstić information content (AvgIpc) is 2.28. The van der Waals surface area contributed by atoms with Crippen LogP contribution in [-0.4, -0.2) is 9.97 Å². The Morgan fingerprint density at radius 1 is 0.941 bits per heavy atom. The van der Waals surface area contributed by atoms with E-state index in [1.807, 2.05) is 6.07 Å². The quantitative estimate of drug-likeness (QED) is 0.740. The largest absolute Gasteiger partial charge is 0.237 e. The number of benzene rings is 1. The van der Waals surface area contributed by atoms with Crippen LogP contribution in [0.15, 0.2) is 36.7 Å². The van der Waals surface area contributed by atoms with Gasteiger partial charge in [0.25, 0.3) is 0 Å². The normalized spacial score (nSPS) is 11.5. The van der Waals surface area contributed by atoms with Gasteiger partial charge in [0.05, 0.1) is 0 Å². The van der Waals surface area contributed by atoms with Crippen LogP contribution in [0.3, 0.4) is 0 Å². The van der Waals surface area contributed by atoms with Crippen molar-refractivity contribution in [3.05, 3.63) is 47.8 Å². The monoisotopic (exact) mass is 226 g/mol. The van der Waals surface area contributed by atoms with Gasteiger partial charge in [0, 0.05) is 18.0 Å². The van der Waals surface area contributed by atoms with Gasteiger partial charge < -0.3 is 0 Å². The van der Waals surface area contributed by atoms with Gasteiger partial charge in [0.2, 0.25) is 0 Å². The van der Waals surface area contributed by atoms with Gasteiger partial charge >= 0.3 is 0 Å². The molecule has 88 valence electrons. The van der Waals surface area contributed by atoms with Crippen molar-refractivity contribution < 1.29 is 0 Å². The van der Waals surface area contributed by atoms with Crippen LogP contribution in [0, 0.1) is 6.92 Å². The van der Waals surface area contributed by atoms with Gasteiger partial charge in [-0.05, 0) is 29.5 Å². The van der Waals surface area contributed by atoms with E-state index >= 15 is 0 Å². The third kappa shape index (κ3) is 2.36. The van der Waals surface area contributed by atoms with E-state index in [-0.39, 0.29) is 5.41 Å². The zero-order valence-corrected chi connectivity index (χ0v) is 10.9. The summed E-state index contributed by atoms with van der Waals surface area (Å²) in [6, 6.07) is 8.22. The zero-order chi connectivity index (χ0) is 12.5. The number of hydrogen-bond donors (Lipinski definition) is 0. The highest BCUT2D eigenvalue weighted by Gasteiger charge is 2.20. The minimum atomic E-state index is 0.0978. The lowest BCUT2D eigenvalue weighted by atomic mass is 9.82. The first-order valence-corrected chi connectivity index (χ1v) is 5.87. The average molecular weight is 226 g/mol. The fourth-order valence-electron chi connectivity index (χ4n) is 2.02. The predicted molar refractivity (Wildman–Crippen MR) is 70.9 cm³/mol. The van der Waals surface area contributed by atoms with Gasteiger partial charge in [0.1, 0.15) is 0 Å². The third-order valence-corrected chi connectivity index (χ3v) is 2.87. The molecule has 0 spiro atoms. The Balaban J connectivity index is 2.69. The van der Waals surface area contributed by atoms with Gasteiger partial charge in [-0.3, -0.25) is 0 Å². The van der Waals surface area contributed by atoms with Crippen LogP contribution in [0.1, 0.15) is 31.9 Å². The minimum absolute atomic E-state index is 0.0978. The zero-order valence-electron chi connectivity index (χ0n) is 10.9. The fourth-order valence-corrected chi connectivity index (χ4v) is 2.02. The third-order valence-electron chi connectivity index (χ3n) is 2.87. The lowest BCUT2D eigenvalue weighted by Gasteiger charge is -2.23. The molecule has 0 bridgehead atoms. The van der Waals surface area contributed by atoms with Crippen LogP contribution in [0.5, 0.6) is 0 Å². The second-order valence-electron chi connectivity index (χ2n) is 5.32. The molecule has 1 aromatic carbocycles. The van der Waals surface area contributed by atoms with Crippen molar-refractivity contribution in [2.24, 2.45) is 0 Å². The van der Waals surface area contributed by atoms with Crippen LogP contribution < -0.4 is 0 Å². The summed E-state index contributed by atoms with van der Waals surface area (Å²) >= 11 is 0. The molecule has 0 aliphatic carbocycles. The smallest absolute Gasteiger partial charge is 0.159 e. The van der Waals surface area contributed by atoms with E-state index in [0.29, 0.717) is 0 Å². The Hall–Kier alpha value is -1.70. The second kappa shape index (κ2) is 4.28. The summed E-state index contributed by atoms with van der Waals surface area (Å²) in [6.45, 7) is 8.76. The summed E-state index contributed by atoms with van der Waals surface area (Å²) in [6.07, 6.45) is 3.59. The van der Waals surface area contributed by atoms with Gasteiger partial charge in [-0.15, -0.1) is 0 Å². The molecule has 0 amide bonds. The Labute approximate surface area is 103 Å². The molecule has 0 aliphatic heterocycles. The highest BCUT2D eigenvalue weighted by atomic mass is 14.9. The molecule has 2 nitrogen and oxygen atoms in total. The van der Waals surface area contributed by atoms with Gasteiger partial charge in [-0.1, -0.05) is 39.0 Å². The molecule has 0 atom stereocenters. The summed E-state index contributed by atoms with van der Waals surface area (Å²) in [5, 5.41) is 0.